The van der Waals surface area contributed by atoms with Crippen molar-refractivity contribution in [3.8, 4) is 0 Å². The summed E-state index contributed by atoms with van der Waals surface area (Å²) in [6.07, 6.45) is 7.77. The topological polar surface area (TPSA) is 37.3 Å². The van der Waals surface area contributed by atoms with Crippen molar-refractivity contribution in [1.29, 1.82) is 0 Å². The average molecular weight is 236 g/mol. The molecule has 0 heterocycles. The highest BCUT2D eigenvalue weighted by Crippen LogP contribution is 2.26. The Kier molecular flexibility index (Phi) is 4.70. The third-order valence-electron chi connectivity index (χ3n) is 3.54. The van der Waals surface area contributed by atoms with Gasteiger partial charge in [-0.3, -0.25) is 4.79 Å². The molecule has 1 rings (SSSR count). The van der Waals surface area contributed by atoms with Crippen LogP contribution >= 0.6 is 0 Å². The third-order valence-corrected chi connectivity index (χ3v) is 3.54. The van der Waals surface area contributed by atoms with Gasteiger partial charge in [0.1, 0.15) is 0 Å². The molecule has 0 radical (unpaired) electrons. The quantitative estimate of drug-likeness (QED) is 0.655. The molecule has 1 N–H and O–H groups in total. The van der Waals surface area contributed by atoms with E-state index in [2.05, 4.69) is 26.8 Å². The van der Waals surface area contributed by atoms with E-state index in [1.54, 1.807) is 13.0 Å². The second-order valence-electron chi connectivity index (χ2n) is 5.87. The number of ketones is 1. The lowest BCUT2D eigenvalue weighted by Gasteiger charge is -2.18. The molecule has 1 aliphatic rings. The van der Waals surface area contributed by atoms with Gasteiger partial charge in [-0.05, 0) is 37.7 Å². The summed E-state index contributed by atoms with van der Waals surface area (Å²) >= 11 is 0. The Bertz CT molecular complexity index is 337. The molecule has 0 aromatic carbocycles. The van der Waals surface area contributed by atoms with Gasteiger partial charge in [-0.25, -0.2) is 0 Å². The van der Waals surface area contributed by atoms with E-state index in [0.717, 1.165) is 12.8 Å². The van der Waals surface area contributed by atoms with Crippen molar-refractivity contribution in [3.63, 3.8) is 0 Å². The highest BCUT2D eigenvalue weighted by Gasteiger charge is 2.22. The summed E-state index contributed by atoms with van der Waals surface area (Å²) in [7, 11) is 0. The number of hydrogen-bond acceptors (Lipinski definition) is 2. The lowest BCUT2D eigenvalue weighted by Crippen LogP contribution is -2.24. The second kappa shape index (κ2) is 5.63. The molecule has 0 aliphatic heterocycles. The summed E-state index contributed by atoms with van der Waals surface area (Å²) < 4.78 is 0. The molecule has 0 saturated carbocycles. The number of aliphatic hydroxyl groups excluding tert-OH is 1. The van der Waals surface area contributed by atoms with E-state index in [1.165, 1.54) is 5.57 Å². The van der Waals surface area contributed by atoms with Gasteiger partial charge >= 0.3 is 0 Å². The Labute approximate surface area is 104 Å². The zero-order valence-electron chi connectivity index (χ0n) is 11.4. The molecule has 0 saturated heterocycles. The van der Waals surface area contributed by atoms with Crippen LogP contribution in [0.15, 0.2) is 23.8 Å². The van der Waals surface area contributed by atoms with Crippen LogP contribution < -0.4 is 0 Å². The van der Waals surface area contributed by atoms with E-state index in [-0.39, 0.29) is 17.1 Å². The van der Waals surface area contributed by atoms with Gasteiger partial charge in [0.05, 0.1) is 6.10 Å². The number of allylic oxidation sites excluding steroid dienone is 4. The van der Waals surface area contributed by atoms with Gasteiger partial charge in [-0.1, -0.05) is 38.5 Å². The standard InChI is InChI=1S/C15H24O2/c1-11-5-6-13(16)12(2)14(17)8-10-15(3,4)9-7-11/h7-8,10,12-13,16H,5-6,9H2,1-4H3/b10-8-,11-7-/t12-,13+/m1/s1. The van der Waals surface area contributed by atoms with Crippen molar-refractivity contribution in [1.82, 2.24) is 0 Å². The van der Waals surface area contributed by atoms with E-state index < -0.39 is 6.10 Å². The molecule has 0 amide bonds. The molecule has 96 valence electrons. The van der Waals surface area contributed by atoms with Gasteiger partial charge in [0.15, 0.2) is 5.78 Å². The third kappa shape index (κ3) is 4.47. The van der Waals surface area contributed by atoms with Crippen molar-refractivity contribution in [2.45, 2.75) is 53.1 Å². The largest absolute Gasteiger partial charge is 0.392 e. The number of carbonyl (C=O) groups excluding carboxylic acids is 1. The minimum absolute atomic E-state index is 0.00589. The molecule has 0 aromatic heterocycles. The number of carbonyl (C=O) groups is 1. The maximum atomic E-state index is 11.9. The fourth-order valence-corrected chi connectivity index (χ4v) is 1.88. The maximum Gasteiger partial charge on any atom is 0.160 e. The van der Waals surface area contributed by atoms with Crippen LogP contribution in [0.2, 0.25) is 0 Å². The van der Waals surface area contributed by atoms with Crippen molar-refractivity contribution < 1.29 is 9.90 Å². The van der Waals surface area contributed by atoms with Crippen LogP contribution in [0.5, 0.6) is 0 Å². The molecule has 0 bridgehead atoms. The minimum atomic E-state index is -0.531. The van der Waals surface area contributed by atoms with E-state index in [9.17, 15) is 9.90 Å². The normalized spacial score (nSPS) is 35.6. The SMILES string of the molecule is C/C1=C/CC(C)(C)/C=C\C(=O)[C@H](C)[C@@H](O)CC1. The van der Waals surface area contributed by atoms with Crippen molar-refractivity contribution in [3.05, 3.63) is 23.8 Å². The summed E-state index contributed by atoms with van der Waals surface area (Å²) in [5.41, 5.74) is 1.30. The van der Waals surface area contributed by atoms with E-state index in [1.807, 2.05) is 6.08 Å². The van der Waals surface area contributed by atoms with Gasteiger partial charge < -0.3 is 5.11 Å². The first-order chi connectivity index (χ1) is 7.82. The maximum absolute atomic E-state index is 11.9. The van der Waals surface area contributed by atoms with Crippen LogP contribution in [0.4, 0.5) is 0 Å². The van der Waals surface area contributed by atoms with E-state index >= 15 is 0 Å². The molecule has 0 aromatic rings. The summed E-state index contributed by atoms with van der Waals surface area (Å²) in [5.74, 6) is -0.266. The Hall–Kier alpha value is -0.890. The molecule has 2 heteroatoms. The average Bonchev–Trinajstić information content (AvgIpc) is 2.29. The van der Waals surface area contributed by atoms with E-state index in [4.69, 9.17) is 0 Å². The molecule has 0 spiro atoms. The predicted molar refractivity (Wildman–Crippen MR) is 70.7 cm³/mol. The van der Waals surface area contributed by atoms with Gasteiger partial charge in [-0.15, -0.1) is 0 Å². The van der Waals surface area contributed by atoms with Crippen LogP contribution in [0.1, 0.15) is 47.0 Å². The first-order valence-electron chi connectivity index (χ1n) is 6.38. The molecule has 0 fully saturated rings. The minimum Gasteiger partial charge on any atom is -0.392 e. The zero-order chi connectivity index (χ0) is 13.1. The number of rotatable bonds is 0. The Morgan fingerprint density at radius 3 is 2.71 bits per heavy atom. The van der Waals surface area contributed by atoms with Crippen LogP contribution in [0, 0.1) is 11.3 Å². The van der Waals surface area contributed by atoms with Crippen LogP contribution in [-0.2, 0) is 4.79 Å². The highest BCUT2D eigenvalue weighted by atomic mass is 16.3. The van der Waals surface area contributed by atoms with Gasteiger partial charge in [0, 0.05) is 5.92 Å². The second-order valence-corrected chi connectivity index (χ2v) is 5.87. The fourth-order valence-electron chi connectivity index (χ4n) is 1.88. The summed E-state index contributed by atoms with van der Waals surface area (Å²) in [6.45, 7) is 8.15. The molecule has 17 heavy (non-hydrogen) atoms. The molecule has 2 nitrogen and oxygen atoms in total. The summed E-state index contributed by atoms with van der Waals surface area (Å²) in [5, 5.41) is 9.93. The Morgan fingerprint density at radius 2 is 2.06 bits per heavy atom. The lowest BCUT2D eigenvalue weighted by molar-refractivity contribution is -0.121. The Balaban J connectivity index is 2.92. The molecular formula is C15H24O2. The first-order valence-corrected chi connectivity index (χ1v) is 6.38. The number of hydrogen-bond donors (Lipinski definition) is 1. The monoisotopic (exact) mass is 236 g/mol. The number of aliphatic hydroxyl groups is 1. The van der Waals surface area contributed by atoms with Crippen LogP contribution in [0.25, 0.3) is 0 Å². The van der Waals surface area contributed by atoms with Gasteiger partial charge in [0.25, 0.3) is 0 Å². The first kappa shape index (κ1) is 14.2. The summed E-state index contributed by atoms with van der Waals surface area (Å²) in [4.78, 5) is 11.9. The fraction of sp³-hybridized carbons (Fsp3) is 0.667. The molecule has 0 unspecified atom stereocenters. The van der Waals surface area contributed by atoms with Crippen molar-refractivity contribution >= 4 is 5.78 Å². The van der Waals surface area contributed by atoms with Crippen LogP contribution in [0.3, 0.4) is 0 Å². The van der Waals surface area contributed by atoms with Gasteiger partial charge in [-0.2, -0.15) is 0 Å². The lowest BCUT2D eigenvalue weighted by atomic mass is 9.87. The highest BCUT2D eigenvalue weighted by molar-refractivity contribution is 5.91. The zero-order valence-corrected chi connectivity index (χ0v) is 11.4. The predicted octanol–water partition coefficient (Wildman–Crippen LogP) is 3.27. The molecule has 1 aliphatic carbocycles. The molecule has 2 atom stereocenters. The smallest absolute Gasteiger partial charge is 0.160 e. The Morgan fingerprint density at radius 1 is 1.41 bits per heavy atom. The van der Waals surface area contributed by atoms with E-state index in [0.29, 0.717) is 6.42 Å². The summed E-state index contributed by atoms with van der Waals surface area (Å²) in [6, 6.07) is 0. The molecular weight excluding hydrogens is 212 g/mol. The van der Waals surface area contributed by atoms with Crippen molar-refractivity contribution in [2.75, 3.05) is 0 Å². The van der Waals surface area contributed by atoms with Gasteiger partial charge in [0.2, 0.25) is 0 Å². The van der Waals surface area contributed by atoms with Crippen LogP contribution in [-0.4, -0.2) is 17.0 Å². The van der Waals surface area contributed by atoms with Crippen molar-refractivity contribution in [2.24, 2.45) is 11.3 Å².